The van der Waals surface area contributed by atoms with Gasteiger partial charge in [0.25, 0.3) is 0 Å². The van der Waals surface area contributed by atoms with E-state index >= 15 is 0 Å². The second-order valence-corrected chi connectivity index (χ2v) is 5.62. The Kier molecular flexibility index (Phi) is 6.01. The maximum Gasteiger partial charge on any atom is 0.247 e. The first-order chi connectivity index (χ1) is 9.43. The third-order valence-corrected chi connectivity index (χ3v) is 3.93. The van der Waals surface area contributed by atoms with Crippen molar-refractivity contribution in [3.05, 3.63) is 34.9 Å². The van der Waals surface area contributed by atoms with E-state index in [0.29, 0.717) is 17.1 Å². The number of hydrogen-bond acceptors (Lipinski definition) is 3. The van der Waals surface area contributed by atoms with Crippen molar-refractivity contribution in [3.63, 3.8) is 0 Å². The van der Waals surface area contributed by atoms with Crippen LogP contribution in [-0.2, 0) is 15.1 Å². The smallest absolute Gasteiger partial charge is 0.247 e. The molecule has 2 atom stereocenters. The monoisotopic (exact) mass is 331 g/mol. The summed E-state index contributed by atoms with van der Waals surface area (Å²) in [4.78, 5) is 24.1. The van der Waals surface area contributed by atoms with Crippen molar-refractivity contribution >= 4 is 35.8 Å². The van der Waals surface area contributed by atoms with Crippen molar-refractivity contribution in [3.8, 4) is 0 Å². The minimum Gasteiger partial charge on any atom is -0.367 e. The number of benzene rings is 1. The molecule has 0 bridgehead atoms. The Bertz CT molecular complexity index is 533. The lowest BCUT2D eigenvalue weighted by Gasteiger charge is -2.29. The number of primary amides is 1. The molecule has 1 aliphatic heterocycles. The molecule has 0 aliphatic carbocycles. The molecular formula is C14H19Cl2N3O2. The van der Waals surface area contributed by atoms with Gasteiger partial charge in [0.1, 0.15) is 5.54 Å². The van der Waals surface area contributed by atoms with Crippen LogP contribution in [0.25, 0.3) is 0 Å². The quantitative estimate of drug-likeness (QED) is 0.774. The predicted octanol–water partition coefficient (Wildman–Crippen LogP) is 1.19. The molecule has 2 unspecified atom stereocenters. The third-order valence-electron chi connectivity index (χ3n) is 3.70. The number of carbonyl (C=O) groups excluding carboxylic acids is 2. The van der Waals surface area contributed by atoms with E-state index in [2.05, 4.69) is 10.6 Å². The highest BCUT2D eigenvalue weighted by Gasteiger charge is 2.37. The van der Waals surface area contributed by atoms with Gasteiger partial charge in [-0.05, 0) is 37.6 Å². The number of amides is 2. The SMILES string of the molecule is CC(NC(=O)C1CCNC1)(C(N)=O)c1cccc(Cl)c1.Cl. The zero-order valence-corrected chi connectivity index (χ0v) is 13.3. The maximum atomic E-state index is 12.2. The van der Waals surface area contributed by atoms with E-state index in [9.17, 15) is 9.59 Å². The van der Waals surface area contributed by atoms with E-state index in [4.69, 9.17) is 17.3 Å². The van der Waals surface area contributed by atoms with Crippen molar-refractivity contribution < 1.29 is 9.59 Å². The number of carbonyl (C=O) groups is 2. The topological polar surface area (TPSA) is 84.2 Å². The fourth-order valence-electron chi connectivity index (χ4n) is 2.30. The Morgan fingerprint density at radius 2 is 2.19 bits per heavy atom. The van der Waals surface area contributed by atoms with Crippen LogP contribution in [0, 0.1) is 5.92 Å². The summed E-state index contributed by atoms with van der Waals surface area (Å²) in [5.41, 5.74) is 4.81. The molecule has 0 aromatic heterocycles. The molecule has 4 N–H and O–H groups in total. The van der Waals surface area contributed by atoms with Gasteiger partial charge < -0.3 is 16.4 Å². The highest BCUT2D eigenvalue weighted by atomic mass is 35.5. The zero-order valence-electron chi connectivity index (χ0n) is 11.7. The molecule has 1 heterocycles. The zero-order chi connectivity index (χ0) is 14.8. The fourth-order valence-corrected chi connectivity index (χ4v) is 2.49. The van der Waals surface area contributed by atoms with Gasteiger partial charge in [-0.15, -0.1) is 12.4 Å². The second kappa shape index (κ2) is 7.11. The Morgan fingerprint density at radius 3 is 2.71 bits per heavy atom. The first-order valence-corrected chi connectivity index (χ1v) is 6.90. The fraction of sp³-hybridized carbons (Fsp3) is 0.429. The van der Waals surface area contributed by atoms with Crippen molar-refractivity contribution in [1.29, 1.82) is 0 Å². The summed E-state index contributed by atoms with van der Waals surface area (Å²) >= 11 is 5.94. The second-order valence-electron chi connectivity index (χ2n) is 5.18. The van der Waals surface area contributed by atoms with E-state index < -0.39 is 11.4 Å². The van der Waals surface area contributed by atoms with Gasteiger partial charge in [-0.1, -0.05) is 23.7 Å². The van der Waals surface area contributed by atoms with E-state index in [1.54, 1.807) is 31.2 Å². The largest absolute Gasteiger partial charge is 0.367 e. The van der Waals surface area contributed by atoms with Crippen LogP contribution in [0.15, 0.2) is 24.3 Å². The van der Waals surface area contributed by atoms with Crippen LogP contribution in [0.2, 0.25) is 5.02 Å². The van der Waals surface area contributed by atoms with Gasteiger partial charge in [0, 0.05) is 11.6 Å². The van der Waals surface area contributed by atoms with Gasteiger partial charge in [0.2, 0.25) is 11.8 Å². The molecule has 7 heteroatoms. The van der Waals surface area contributed by atoms with Crippen LogP contribution < -0.4 is 16.4 Å². The molecule has 5 nitrogen and oxygen atoms in total. The Morgan fingerprint density at radius 1 is 1.48 bits per heavy atom. The molecule has 1 saturated heterocycles. The summed E-state index contributed by atoms with van der Waals surface area (Å²) < 4.78 is 0. The lowest BCUT2D eigenvalue weighted by Crippen LogP contribution is -2.54. The Hall–Kier alpha value is -1.30. The van der Waals surface area contributed by atoms with Gasteiger partial charge in [-0.3, -0.25) is 9.59 Å². The number of hydrogen-bond donors (Lipinski definition) is 3. The van der Waals surface area contributed by atoms with Crippen LogP contribution in [0.4, 0.5) is 0 Å². The van der Waals surface area contributed by atoms with Gasteiger partial charge in [0.05, 0.1) is 5.92 Å². The summed E-state index contributed by atoms with van der Waals surface area (Å²) in [6.45, 7) is 3.03. The van der Waals surface area contributed by atoms with Crippen LogP contribution in [-0.4, -0.2) is 24.9 Å². The summed E-state index contributed by atoms with van der Waals surface area (Å²) in [6, 6.07) is 6.79. The van der Waals surface area contributed by atoms with Crippen LogP contribution >= 0.6 is 24.0 Å². The van der Waals surface area contributed by atoms with Crippen molar-refractivity contribution in [2.45, 2.75) is 18.9 Å². The maximum absolute atomic E-state index is 12.2. The van der Waals surface area contributed by atoms with E-state index in [0.717, 1.165) is 13.0 Å². The highest BCUT2D eigenvalue weighted by molar-refractivity contribution is 6.30. The number of nitrogens with two attached hydrogens (primary N) is 1. The average molecular weight is 332 g/mol. The van der Waals surface area contributed by atoms with Gasteiger partial charge in [-0.25, -0.2) is 0 Å². The van der Waals surface area contributed by atoms with E-state index in [1.807, 2.05) is 0 Å². The van der Waals surface area contributed by atoms with Gasteiger partial charge in [-0.2, -0.15) is 0 Å². The van der Waals surface area contributed by atoms with E-state index in [1.165, 1.54) is 0 Å². The molecule has 1 fully saturated rings. The molecule has 2 amide bonds. The Labute approximate surface area is 135 Å². The van der Waals surface area contributed by atoms with Crippen molar-refractivity contribution in [1.82, 2.24) is 10.6 Å². The molecule has 2 rings (SSSR count). The summed E-state index contributed by atoms with van der Waals surface area (Å²) in [5.74, 6) is -0.914. The minimum absolute atomic E-state index is 0. The average Bonchev–Trinajstić information content (AvgIpc) is 2.92. The standard InChI is InChI=1S/C14H18ClN3O2.ClH/c1-14(13(16)20,10-3-2-4-11(15)7-10)18-12(19)9-5-6-17-8-9;/h2-4,7,9,17H,5-6,8H2,1H3,(H2,16,20)(H,18,19);1H. The molecule has 1 aromatic rings. The molecule has 0 saturated carbocycles. The summed E-state index contributed by atoms with van der Waals surface area (Å²) in [7, 11) is 0. The predicted molar refractivity (Wildman–Crippen MR) is 84.4 cm³/mol. The Balaban J connectivity index is 0.00000220. The number of halogens is 2. The lowest BCUT2D eigenvalue weighted by molar-refractivity contribution is -0.133. The van der Waals surface area contributed by atoms with Crippen molar-refractivity contribution in [2.75, 3.05) is 13.1 Å². The minimum atomic E-state index is -1.26. The summed E-state index contributed by atoms with van der Waals surface area (Å²) in [5, 5.41) is 6.38. The summed E-state index contributed by atoms with van der Waals surface area (Å²) in [6.07, 6.45) is 0.760. The molecule has 1 aromatic carbocycles. The van der Waals surface area contributed by atoms with Crippen molar-refractivity contribution in [2.24, 2.45) is 11.7 Å². The normalized spacial score (nSPS) is 20.2. The molecule has 21 heavy (non-hydrogen) atoms. The highest BCUT2D eigenvalue weighted by Crippen LogP contribution is 2.24. The van der Waals surface area contributed by atoms with Crippen LogP contribution in [0.1, 0.15) is 18.9 Å². The first-order valence-electron chi connectivity index (χ1n) is 6.52. The van der Waals surface area contributed by atoms with Crippen LogP contribution in [0.5, 0.6) is 0 Å². The molecule has 116 valence electrons. The molecule has 0 spiro atoms. The molecular weight excluding hydrogens is 313 g/mol. The lowest BCUT2D eigenvalue weighted by atomic mass is 9.90. The van der Waals surface area contributed by atoms with Crippen LogP contribution in [0.3, 0.4) is 0 Å². The third kappa shape index (κ3) is 3.87. The van der Waals surface area contributed by atoms with Gasteiger partial charge >= 0.3 is 0 Å². The molecule has 0 radical (unpaired) electrons. The molecule has 1 aliphatic rings. The first kappa shape index (κ1) is 17.8. The number of rotatable bonds is 4. The number of nitrogens with one attached hydrogen (secondary N) is 2. The van der Waals surface area contributed by atoms with E-state index in [-0.39, 0.29) is 24.2 Å². The van der Waals surface area contributed by atoms with Gasteiger partial charge in [0.15, 0.2) is 0 Å².